The molecule has 0 saturated carbocycles. The van der Waals surface area contributed by atoms with Gasteiger partial charge in [0.25, 0.3) is 5.56 Å². The number of rotatable bonds is 4. The van der Waals surface area contributed by atoms with Crippen molar-refractivity contribution in [2.45, 2.75) is 37.1 Å². The van der Waals surface area contributed by atoms with E-state index in [1.807, 2.05) is 0 Å². The van der Waals surface area contributed by atoms with Crippen molar-refractivity contribution in [1.82, 2.24) is 15.0 Å². The second kappa shape index (κ2) is 6.48. The van der Waals surface area contributed by atoms with Crippen LogP contribution in [0.25, 0.3) is 11.5 Å². The number of H-pyrrole nitrogens is 1. The molecule has 1 aromatic carbocycles. The molecule has 128 valence electrons. The molecule has 2 heterocycles. The van der Waals surface area contributed by atoms with E-state index in [9.17, 15) is 9.18 Å². The van der Waals surface area contributed by atoms with Crippen LogP contribution < -0.4 is 5.56 Å². The molecular weight excluding hydrogens is 341 g/mol. The number of hydrogen-bond acceptors (Lipinski definition) is 5. The van der Waals surface area contributed by atoms with Crippen LogP contribution in [0.2, 0.25) is 0 Å². The molecule has 25 heavy (non-hydrogen) atoms. The van der Waals surface area contributed by atoms with Crippen molar-refractivity contribution in [2.75, 3.05) is 0 Å². The topological polar surface area (TPSA) is 71.8 Å². The lowest BCUT2D eigenvalue weighted by atomic mass is 10.2. The first kappa shape index (κ1) is 16.1. The number of hydrogen-bond donors (Lipinski definition) is 1. The molecule has 0 radical (unpaired) electrons. The van der Waals surface area contributed by atoms with Crippen molar-refractivity contribution in [3.05, 3.63) is 63.1 Å². The number of halogens is 1. The minimum Gasteiger partial charge on any atom is -0.441 e. The lowest BCUT2D eigenvalue weighted by Gasteiger charge is -2.02. The van der Waals surface area contributed by atoms with Gasteiger partial charge >= 0.3 is 0 Å². The lowest BCUT2D eigenvalue weighted by molar-refractivity contribution is 0.533. The van der Waals surface area contributed by atoms with Gasteiger partial charge in [0.05, 0.1) is 17.0 Å². The predicted molar refractivity (Wildman–Crippen MR) is 93.1 cm³/mol. The van der Waals surface area contributed by atoms with Crippen LogP contribution in [0.4, 0.5) is 4.39 Å². The second-order valence-electron chi connectivity index (χ2n) is 5.94. The van der Waals surface area contributed by atoms with Crippen LogP contribution in [-0.2, 0) is 18.6 Å². The molecule has 0 amide bonds. The fourth-order valence-corrected chi connectivity index (χ4v) is 3.82. The molecule has 0 bridgehead atoms. The number of nitrogens with one attached hydrogen (secondary N) is 1. The molecule has 5 nitrogen and oxygen atoms in total. The number of aromatic nitrogens is 3. The summed E-state index contributed by atoms with van der Waals surface area (Å²) in [5, 5.41) is 0.584. The van der Waals surface area contributed by atoms with E-state index in [4.69, 9.17) is 4.42 Å². The van der Waals surface area contributed by atoms with Gasteiger partial charge in [-0.25, -0.2) is 14.4 Å². The fourth-order valence-electron chi connectivity index (χ4n) is 2.94. The zero-order valence-electron chi connectivity index (χ0n) is 13.6. The quantitative estimate of drug-likeness (QED) is 0.570. The predicted octanol–water partition coefficient (Wildman–Crippen LogP) is 3.65. The lowest BCUT2D eigenvalue weighted by Crippen LogP contribution is -2.14. The maximum absolute atomic E-state index is 13.9. The van der Waals surface area contributed by atoms with Crippen LogP contribution in [0.5, 0.6) is 0 Å². The number of benzene rings is 1. The zero-order chi connectivity index (χ0) is 17.4. The Morgan fingerprint density at radius 1 is 1.28 bits per heavy atom. The van der Waals surface area contributed by atoms with Gasteiger partial charge < -0.3 is 9.40 Å². The monoisotopic (exact) mass is 357 g/mol. The molecule has 1 aliphatic carbocycles. The Kier molecular flexibility index (Phi) is 4.17. The molecule has 0 aliphatic heterocycles. The van der Waals surface area contributed by atoms with Gasteiger partial charge in [-0.15, -0.1) is 0 Å². The van der Waals surface area contributed by atoms with Gasteiger partial charge in [0, 0.05) is 11.3 Å². The van der Waals surface area contributed by atoms with Gasteiger partial charge in [0.15, 0.2) is 5.16 Å². The van der Waals surface area contributed by atoms with Crippen LogP contribution >= 0.6 is 11.8 Å². The molecule has 1 N–H and O–H groups in total. The Bertz CT molecular complexity index is 996. The average Bonchev–Trinajstić information content (AvgIpc) is 3.20. The summed E-state index contributed by atoms with van der Waals surface area (Å²) in [6, 6.07) is 6.38. The Hall–Kier alpha value is -2.41. The molecule has 4 rings (SSSR count). The number of oxazole rings is 1. The van der Waals surface area contributed by atoms with Crippen molar-refractivity contribution in [3.8, 4) is 11.5 Å². The highest BCUT2D eigenvalue weighted by molar-refractivity contribution is 7.98. The Morgan fingerprint density at radius 3 is 2.96 bits per heavy atom. The van der Waals surface area contributed by atoms with E-state index >= 15 is 0 Å². The van der Waals surface area contributed by atoms with E-state index < -0.39 is 0 Å². The standard InChI is InChI=1S/C18H16FN3O2S/c1-10-15(20-17(24-10)11-5-2-3-7-13(11)19)9-25-18-21-14-8-4-6-12(14)16(23)22-18/h2-3,5,7H,4,6,8-9H2,1H3,(H,21,22,23). The van der Waals surface area contributed by atoms with Gasteiger partial charge in [-0.1, -0.05) is 23.9 Å². The number of thioether (sulfide) groups is 1. The third-order valence-corrected chi connectivity index (χ3v) is 5.15. The summed E-state index contributed by atoms with van der Waals surface area (Å²) in [7, 11) is 0. The number of nitrogens with zero attached hydrogens (tertiary/aromatic N) is 2. The zero-order valence-corrected chi connectivity index (χ0v) is 14.5. The van der Waals surface area contributed by atoms with E-state index in [1.54, 1.807) is 25.1 Å². The van der Waals surface area contributed by atoms with E-state index in [0.29, 0.717) is 27.9 Å². The third-order valence-electron chi connectivity index (χ3n) is 4.26. The summed E-state index contributed by atoms with van der Waals surface area (Å²) in [4.78, 5) is 23.8. The smallest absolute Gasteiger partial charge is 0.254 e. The van der Waals surface area contributed by atoms with Gasteiger partial charge in [-0.05, 0) is 38.3 Å². The molecule has 7 heteroatoms. The minimum absolute atomic E-state index is 0.0473. The van der Waals surface area contributed by atoms with E-state index in [1.165, 1.54) is 17.8 Å². The van der Waals surface area contributed by atoms with Gasteiger partial charge in [-0.3, -0.25) is 4.79 Å². The van der Waals surface area contributed by atoms with E-state index in [-0.39, 0.29) is 17.3 Å². The Morgan fingerprint density at radius 2 is 2.12 bits per heavy atom. The summed E-state index contributed by atoms with van der Waals surface area (Å²) in [6.07, 6.45) is 2.64. The maximum atomic E-state index is 13.9. The summed E-state index contributed by atoms with van der Waals surface area (Å²) in [5.74, 6) is 1.02. The molecule has 0 atom stereocenters. The molecular formula is C18H16FN3O2S. The largest absolute Gasteiger partial charge is 0.441 e. The third kappa shape index (κ3) is 3.11. The van der Waals surface area contributed by atoms with Crippen LogP contribution in [0, 0.1) is 12.7 Å². The van der Waals surface area contributed by atoms with E-state index in [0.717, 1.165) is 30.5 Å². The van der Waals surface area contributed by atoms with Crippen LogP contribution in [0.15, 0.2) is 38.6 Å². The summed E-state index contributed by atoms with van der Waals surface area (Å²) in [5.41, 5.74) is 2.71. The van der Waals surface area contributed by atoms with Gasteiger partial charge in [-0.2, -0.15) is 0 Å². The fraction of sp³-hybridized carbons (Fsp3) is 0.278. The van der Waals surface area contributed by atoms with Crippen molar-refractivity contribution in [1.29, 1.82) is 0 Å². The highest BCUT2D eigenvalue weighted by atomic mass is 32.2. The summed E-state index contributed by atoms with van der Waals surface area (Å²) in [6.45, 7) is 1.80. The Balaban J connectivity index is 1.55. The Labute approximate surface area is 147 Å². The SMILES string of the molecule is Cc1oc(-c2ccccc2F)nc1CSc1nc2c(c(=O)[nH]1)CCC2. The van der Waals surface area contributed by atoms with Crippen LogP contribution in [0.3, 0.4) is 0 Å². The normalized spacial score (nSPS) is 13.2. The molecule has 0 unspecified atom stereocenters. The molecule has 0 fully saturated rings. The molecule has 0 spiro atoms. The molecule has 0 saturated heterocycles. The van der Waals surface area contributed by atoms with E-state index in [2.05, 4.69) is 15.0 Å². The van der Waals surface area contributed by atoms with Gasteiger partial charge in [0.1, 0.15) is 11.6 Å². The molecule has 2 aromatic heterocycles. The molecule has 3 aromatic rings. The second-order valence-corrected chi connectivity index (χ2v) is 6.90. The number of fused-ring (bicyclic) bond motifs is 1. The van der Waals surface area contributed by atoms with Crippen molar-refractivity contribution < 1.29 is 8.81 Å². The van der Waals surface area contributed by atoms with Crippen molar-refractivity contribution >= 4 is 11.8 Å². The highest BCUT2D eigenvalue weighted by Crippen LogP contribution is 2.28. The van der Waals surface area contributed by atoms with Crippen LogP contribution in [0.1, 0.15) is 29.1 Å². The van der Waals surface area contributed by atoms with Gasteiger partial charge in [0.2, 0.25) is 5.89 Å². The average molecular weight is 357 g/mol. The van der Waals surface area contributed by atoms with Crippen molar-refractivity contribution in [2.24, 2.45) is 0 Å². The highest BCUT2D eigenvalue weighted by Gasteiger charge is 2.18. The van der Waals surface area contributed by atoms with Crippen LogP contribution in [-0.4, -0.2) is 15.0 Å². The molecule has 1 aliphatic rings. The number of aryl methyl sites for hydroxylation is 2. The first-order chi connectivity index (χ1) is 12.1. The van der Waals surface area contributed by atoms with Crippen molar-refractivity contribution in [3.63, 3.8) is 0 Å². The maximum Gasteiger partial charge on any atom is 0.254 e. The number of aromatic amines is 1. The minimum atomic E-state index is -0.368. The first-order valence-corrected chi connectivity index (χ1v) is 9.06. The first-order valence-electron chi connectivity index (χ1n) is 8.08. The summed E-state index contributed by atoms with van der Waals surface area (Å²) >= 11 is 1.40. The summed E-state index contributed by atoms with van der Waals surface area (Å²) < 4.78 is 19.5.